The zero-order valence-corrected chi connectivity index (χ0v) is 19.7. The summed E-state index contributed by atoms with van der Waals surface area (Å²) in [6, 6.07) is 3.53. The van der Waals surface area contributed by atoms with Crippen molar-refractivity contribution in [1.82, 2.24) is 35.7 Å². The summed E-state index contributed by atoms with van der Waals surface area (Å²) in [6.45, 7) is 2.48. The van der Waals surface area contributed by atoms with Crippen LogP contribution in [0.1, 0.15) is 31.0 Å². The fourth-order valence-corrected chi connectivity index (χ4v) is 3.59. The van der Waals surface area contributed by atoms with Gasteiger partial charge in [0.15, 0.2) is 5.65 Å². The molecule has 3 aromatic heterocycles. The number of hydrazine groups is 1. The highest BCUT2D eigenvalue weighted by atomic mass is 19.4. The SMILES string of the molecule is CCCCNC1=CC(C(F)(F)F)=C(c2cnc3c(Nc4ccc(C(F)(F)F)cn4)ccnc3n2)N(C)N1. The second-order valence-electron chi connectivity index (χ2n) is 8.11. The Hall–Kier alpha value is -4.10. The fraction of sp³-hybridized carbons (Fsp3) is 0.304. The Bertz CT molecular complexity index is 1330. The first kappa shape index (κ1) is 26.0. The molecule has 0 saturated heterocycles. The van der Waals surface area contributed by atoms with Crippen molar-refractivity contribution in [3.05, 3.63) is 65.5 Å². The van der Waals surface area contributed by atoms with E-state index >= 15 is 0 Å². The Morgan fingerprint density at radius 1 is 0.973 bits per heavy atom. The lowest BCUT2D eigenvalue weighted by Crippen LogP contribution is -2.42. The molecule has 4 rings (SSSR count). The molecule has 0 fully saturated rings. The lowest BCUT2D eigenvalue weighted by Gasteiger charge is -2.32. The van der Waals surface area contributed by atoms with Crippen LogP contribution < -0.4 is 16.1 Å². The first-order chi connectivity index (χ1) is 17.5. The molecule has 0 unspecified atom stereocenters. The molecule has 4 heterocycles. The number of aromatic nitrogens is 4. The number of fused-ring (bicyclic) bond motifs is 1. The number of rotatable bonds is 7. The van der Waals surface area contributed by atoms with Gasteiger partial charge in [0.2, 0.25) is 0 Å². The average molecular weight is 524 g/mol. The highest BCUT2D eigenvalue weighted by molar-refractivity contribution is 5.87. The van der Waals surface area contributed by atoms with Gasteiger partial charge in [0.05, 0.1) is 28.7 Å². The summed E-state index contributed by atoms with van der Waals surface area (Å²) >= 11 is 0. The van der Waals surface area contributed by atoms with E-state index in [1.807, 2.05) is 6.92 Å². The number of unbranched alkanes of at least 4 members (excludes halogenated alkanes) is 1. The van der Waals surface area contributed by atoms with Crippen LogP contribution in [-0.2, 0) is 6.18 Å². The van der Waals surface area contributed by atoms with Crippen LogP contribution in [0, 0.1) is 0 Å². The minimum Gasteiger partial charge on any atom is -0.371 e. The summed E-state index contributed by atoms with van der Waals surface area (Å²) in [7, 11) is 1.43. The third kappa shape index (κ3) is 5.84. The maximum absolute atomic E-state index is 14.0. The molecule has 1 aliphatic rings. The first-order valence-corrected chi connectivity index (χ1v) is 11.2. The summed E-state index contributed by atoms with van der Waals surface area (Å²) < 4.78 is 80.4. The Morgan fingerprint density at radius 2 is 1.76 bits per heavy atom. The van der Waals surface area contributed by atoms with Crippen molar-refractivity contribution in [2.24, 2.45) is 0 Å². The predicted molar refractivity (Wildman–Crippen MR) is 125 cm³/mol. The Labute approximate surface area is 207 Å². The van der Waals surface area contributed by atoms with Gasteiger partial charge >= 0.3 is 12.4 Å². The quantitative estimate of drug-likeness (QED) is 0.289. The molecule has 37 heavy (non-hydrogen) atoms. The number of halogens is 6. The number of pyridine rings is 2. The normalized spacial score (nSPS) is 14.5. The molecule has 3 N–H and O–H groups in total. The lowest BCUT2D eigenvalue weighted by atomic mass is 10.1. The molecular formula is C23H22F6N8. The van der Waals surface area contributed by atoms with Crippen molar-refractivity contribution in [3.8, 4) is 0 Å². The molecule has 0 atom stereocenters. The molecule has 0 spiro atoms. The van der Waals surface area contributed by atoms with Gasteiger partial charge in [-0.25, -0.2) is 19.9 Å². The van der Waals surface area contributed by atoms with Crippen molar-refractivity contribution < 1.29 is 26.3 Å². The highest BCUT2D eigenvalue weighted by Crippen LogP contribution is 2.36. The van der Waals surface area contributed by atoms with E-state index in [0.717, 1.165) is 31.1 Å². The van der Waals surface area contributed by atoms with Crippen molar-refractivity contribution in [2.75, 3.05) is 18.9 Å². The van der Waals surface area contributed by atoms with Gasteiger partial charge in [-0.05, 0) is 30.7 Å². The van der Waals surface area contributed by atoms with Crippen molar-refractivity contribution in [1.29, 1.82) is 0 Å². The molecule has 196 valence electrons. The van der Waals surface area contributed by atoms with Gasteiger partial charge in [-0.1, -0.05) is 13.3 Å². The van der Waals surface area contributed by atoms with Gasteiger partial charge in [-0.2, -0.15) is 26.3 Å². The number of allylic oxidation sites excluding steroid dienone is 2. The monoisotopic (exact) mass is 524 g/mol. The summed E-state index contributed by atoms with van der Waals surface area (Å²) in [5.41, 5.74) is 1.29. The molecule has 0 aliphatic carbocycles. The topological polar surface area (TPSA) is 90.9 Å². The summed E-state index contributed by atoms with van der Waals surface area (Å²) in [5, 5.41) is 7.00. The third-order valence-electron chi connectivity index (χ3n) is 5.36. The summed E-state index contributed by atoms with van der Waals surface area (Å²) in [5.74, 6) is 0.312. The second-order valence-corrected chi connectivity index (χ2v) is 8.11. The first-order valence-electron chi connectivity index (χ1n) is 11.2. The number of anilines is 2. The van der Waals surface area contributed by atoms with E-state index in [-0.39, 0.29) is 34.2 Å². The second kappa shape index (κ2) is 10.1. The lowest BCUT2D eigenvalue weighted by molar-refractivity contribution is -0.137. The van der Waals surface area contributed by atoms with Crippen LogP contribution in [0.4, 0.5) is 37.8 Å². The van der Waals surface area contributed by atoms with Crippen LogP contribution in [0.3, 0.4) is 0 Å². The maximum Gasteiger partial charge on any atom is 0.418 e. The zero-order chi connectivity index (χ0) is 26.8. The van der Waals surface area contributed by atoms with Gasteiger partial charge in [-0.3, -0.25) is 10.4 Å². The number of alkyl halides is 6. The Kier molecular flexibility index (Phi) is 7.09. The van der Waals surface area contributed by atoms with Crippen molar-refractivity contribution in [3.63, 3.8) is 0 Å². The fourth-order valence-electron chi connectivity index (χ4n) is 3.59. The zero-order valence-electron chi connectivity index (χ0n) is 19.7. The van der Waals surface area contributed by atoms with E-state index < -0.39 is 23.5 Å². The van der Waals surface area contributed by atoms with Gasteiger partial charge in [0.25, 0.3) is 0 Å². The van der Waals surface area contributed by atoms with E-state index in [1.165, 1.54) is 30.5 Å². The van der Waals surface area contributed by atoms with Gasteiger partial charge in [-0.15, -0.1) is 0 Å². The predicted octanol–water partition coefficient (Wildman–Crippen LogP) is 5.14. The smallest absolute Gasteiger partial charge is 0.371 e. The molecule has 0 aromatic carbocycles. The Balaban J connectivity index is 1.69. The van der Waals surface area contributed by atoms with E-state index in [9.17, 15) is 26.3 Å². The van der Waals surface area contributed by atoms with Crippen LogP contribution in [-0.4, -0.2) is 44.7 Å². The molecule has 8 nitrogen and oxygen atoms in total. The van der Waals surface area contributed by atoms with Gasteiger partial charge in [0.1, 0.15) is 22.8 Å². The number of nitrogens with zero attached hydrogens (tertiary/aromatic N) is 5. The standard InChI is InChI=1S/C23H22F6N8/c1-3-4-8-30-18-10-14(23(27,28)29)20(37(2)36-18)16-12-33-19-15(7-9-31-21(19)35-16)34-17-6-5-13(11-32-17)22(24,25)26/h5-7,9-12,30,36H,3-4,8H2,1-2H3,(H,31,32,34,35). The van der Waals surface area contributed by atoms with Crippen LogP contribution in [0.25, 0.3) is 16.9 Å². The molecule has 14 heteroatoms. The molecule has 3 aromatic rings. The van der Waals surface area contributed by atoms with Gasteiger partial charge in [0, 0.05) is 26.0 Å². The number of hydrogen-bond donors (Lipinski definition) is 3. The van der Waals surface area contributed by atoms with Crippen LogP contribution >= 0.6 is 0 Å². The summed E-state index contributed by atoms with van der Waals surface area (Å²) in [4.78, 5) is 16.4. The Morgan fingerprint density at radius 3 is 2.41 bits per heavy atom. The van der Waals surface area contributed by atoms with Crippen LogP contribution in [0.2, 0.25) is 0 Å². The largest absolute Gasteiger partial charge is 0.418 e. The number of hydrogen-bond acceptors (Lipinski definition) is 8. The van der Waals surface area contributed by atoms with E-state index in [0.29, 0.717) is 18.4 Å². The number of nitrogens with one attached hydrogen (secondary N) is 3. The average Bonchev–Trinajstić information content (AvgIpc) is 2.83. The van der Waals surface area contributed by atoms with Crippen LogP contribution in [0.15, 0.2) is 54.3 Å². The molecular weight excluding hydrogens is 502 g/mol. The minimum atomic E-state index is -4.68. The van der Waals surface area contributed by atoms with E-state index in [4.69, 9.17) is 0 Å². The molecule has 0 amide bonds. The highest BCUT2D eigenvalue weighted by Gasteiger charge is 2.39. The van der Waals surface area contributed by atoms with Crippen molar-refractivity contribution >= 4 is 28.4 Å². The van der Waals surface area contributed by atoms with Gasteiger partial charge < -0.3 is 10.6 Å². The minimum absolute atomic E-state index is 0.0349. The van der Waals surface area contributed by atoms with E-state index in [2.05, 4.69) is 36.0 Å². The third-order valence-corrected chi connectivity index (χ3v) is 5.36. The van der Waals surface area contributed by atoms with Crippen molar-refractivity contribution in [2.45, 2.75) is 32.1 Å². The maximum atomic E-state index is 14.0. The molecule has 0 saturated carbocycles. The van der Waals surface area contributed by atoms with Crippen LogP contribution in [0.5, 0.6) is 0 Å². The summed E-state index contributed by atoms with van der Waals surface area (Å²) in [6.07, 6.45) is -3.32. The molecule has 1 aliphatic heterocycles. The molecule has 0 radical (unpaired) electrons. The van der Waals surface area contributed by atoms with E-state index in [1.54, 1.807) is 0 Å². The molecule has 0 bridgehead atoms.